The Morgan fingerprint density at radius 1 is 1.16 bits per heavy atom. The van der Waals surface area contributed by atoms with Gasteiger partial charge in [-0.05, 0) is 31.4 Å². The number of thioether (sulfide) groups is 1. The Morgan fingerprint density at radius 2 is 1.89 bits per heavy atom. The van der Waals surface area contributed by atoms with Gasteiger partial charge in [0, 0.05) is 17.5 Å². The summed E-state index contributed by atoms with van der Waals surface area (Å²) in [6, 6.07) is 9.35. The van der Waals surface area contributed by atoms with Gasteiger partial charge in [0.15, 0.2) is 10.9 Å². The second-order valence-electron chi connectivity index (χ2n) is 4.13. The average molecular weight is 270 g/mol. The molecule has 4 heteroatoms. The molecule has 2 aromatic rings. The van der Waals surface area contributed by atoms with Crippen molar-refractivity contribution in [1.82, 2.24) is 9.97 Å². The van der Waals surface area contributed by atoms with Crippen LogP contribution in [0.2, 0.25) is 0 Å². The standard InChI is InChI=1S/C15H14N2OS/c1-11-3-5-13(6-4-11)14(18)8-10-19-15-16-9-7-12(2)17-15/h3-10H,1-2H3. The van der Waals surface area contributed by atoms with Crippen LogP contribution >= 0.6 is 11.8 Å². The van der Waals surface area contributed by atoms with Gasteiger partial charge < -0.3 is 0 Å². The fourth-order valence-electron chi connectivity index (χ4n) is 1.45. The van der Waals surface area contributed by atoms with E-state index in [1.807, 2.05) is 44.2 Å². The van der Waals surface area contributed by atoms with Crippen molar-refractivity contribution < 1.29 is 4.79 Å². The summed E-state index contributed by atoms with van der Waals surface area (Å²) in [7, 11) is 0. The van der Waals surface area contributed by atoms with Gasteiger partial charge in [0.2, 0.25) is 0 Å². The number of aromatic nitrogens is 2. The van der Waals surface area contributed by atoms with Crippen molar-refractivity contribution in [1.29, 1.82) is 0 Å². The van der Waals surface area contributed by atoms with Crippen molar-refractivity contribution in [2.45, 2.75) is 19.0 Å². The molecule has 0 fully saturated rings. The molecule has 0 saturated heterocycles. The highest BCUT2D eigenvalue weighted by Crippen LogP contribution is 2.14. The minimum Gasteiger partial charge on any atom is -0.289 e. The van der Waals surface area contributed by atoms with Crippen LogP contribution in [-0.2, 0) is 0 Å². The van der Waals surface area contributed by atoms with Gasteiger partial charge in [0.1, 0.15) is 0 Å². The number of carbonyl (C=O) groups excluding carboxylic acids is 1. The van der Waals surface area contributed by atoms with Gasteiger partial charge in [0.25, 0.3) is 0 Å². The first kappa shape index (κ1) is 13.5. The minimum atomic E-state index is -0.0137. The second kappa shape index (κ2) is 6.29. The SMILES string of the molecule is Cc1ccc(C(=O)C=CSc2nccc(C)n2)cc1. The summed E-state index contributed by atoms with van der Waals surface area (Å²) in [4.78, 5) is 20.2. The third kappa shape index (κ3) is 4.03. The zero-order valence-corrected chi connectivity index (χ0v) is 11.6. The molecule has 0 N–H and O–H groups in total. The molecule has 1 heterocycles. The molecule has 0 saturated carbocycles. The summed E-state index contributed by atoms with van der Waals surface area (Å²) in [5.41, 5.74) is 2.74. The van der Waals surface area contributed by atoms with Crippen molar-refractivity contribution in [3.05, 3.63) is 64.8 Å². The predicted octanol–water partition coefficient (Wildman–Crippen LogP) is 3.58. The lowest BCUT2D eigenvalue weighted by Gasteiger charge is -1.97. The highest BCUT2D eigenvalue weighted by Gasteiger charge is 2.01. The maximum Gasteiger partial charge on any atom is 0.192 e. The Labute approximate surface area is 116 Å². The summed E-state index contributed by atoms with van der Waals surface area (Å²) < 4.78 is 0. The van der Waals surface area contributed by atoms with Crippen molar-refractivity contribution in [2.24, 2.45) is 0 Å². The summed E-state index contributed by atoms with van der Waals surface area (Å²) >= 11 is 1.34. The highest BCUT2D eigenvalue weighted by atomic mass is 32.2. The van der Waals surface area contributed by atoms with Crippen LogP contribution in [0.15, 0.2) is 53.2 Å². The lowest BCUT2D eigenvalue weighted by atomic mass is 10.1. The number of rotatable bonds is 4. The molecule has 0 spiro atoms. The number of aryl methyl sites for hydroxylation is 2. The third-order valence-electron chi connectivity index (χ3n) is 2.50. The van der Waals surface area contributed by atoms with Crippen LogP contribution in [0.4, 0.5) is 0 Å². The zero-order valence-electron chi connectivity index (χ0n) is 10.8. The van der Waals surface area contributed by atoms with Gasteiger partial charge >= 0.3 is 0 Å². The molecule has 1 aromatic heterocycles. The van der Waals surface area contributed by atoms with Crippen LogP contribution in [0, 0.1) is 13.8 Å². The molecule has 0 aliphatic heterocycles. The Hall–Kier alpha value is -1.94. The summed E-state index contributed by atoms with van der Waals surface area (Å²) in [5, 5.41) is 2.37. The van der Waals surface area contributed by atoms with E-state index < -0.39 is 0 Å². The van der Waals surface area contributed by atoms with Crippen LogP contribution in [0.5, 0.6) is 0 Å². The van der Waals surface area contributed by atoms with Crippen molar-refractivity contribution in [3.8, 4) is 0 Å². The normalized spacial score (nSPS) is 10.8. The maximum absolute atomic E-state index is 11.9. The van der Waals surface area contributed by atoms with E-state index in [4.69, 9.17) is 0 Å². The van der Waals surface area contributed by atoms with Gasteiger partial charge in [-0.25, -0.2) is 9.97 Å². The van der Waals surface area contributed by atoms with Crippen molar-refractivity contribution in [2.75, 3.05) is 0 Å². The van der Waals surface area contributed by atoms with Gasteiger partial charge in [-0.1, -0.05) is 41.6 Å². The lowest BCUT2D eigenvalue weighted by molar-refractivity contribution is 0.104. The van der Waals surface area contributed by atoms with Crippen LogP contribution in [-0.4, -0.2) is 15.8 Å². The molecule has 19 heavy (non-hydrogen) atoms. The number of hydrogen-bond donors (Lipinski definition) is 0. The molecule has 0 radical (unpaired) electrons. The smallest absolute Gasteiger partial charge is 0.192 e. The summed E-state index contributed by atoms with van der Waals surface area (Å²) in [6.45, 7) is 3.90. The largest absolute Gasteiger partial charge is 0.289 e. The van der Waals surface area contributed by atoms with E-state index in [1.165, 1.54) is 11.8 Å². The number of hydrogen-bond acceptors (Lipinski definition) is 4. The monoisotopic (exact) mass is 270 g/mol. The van der Waals surface area contributed by atoms with Crippen LogP contribution in [0.3, 0.4) is 0 Å². The Kier molecular flexibility index (Phi) is 4.47. The molecular weight excluding hydrogens is 256 g/mol. The molecule has 96 valence electrons. The van der Waals surface area contributed by atoms with E-state index in [1.54, 1.807) is 17.7 Å². The molecule has 1 aromatic carbocycles. The van der Waals surface area contributed by atoms with Crippen LogP contribution in [0.25, 0.3) is 0 Å². The molecule has 0 aliphatic carbocycles. The number of benzene rings is 1. The third-order valence-corrected chi connectivity index (χ3v) is 3.18. The van der Waals surface area contributed by atoms with E-state index >= 15 is 0 Å². The fourth-order valence-corrected chi connectivity index (χ4v) is 2.09. The van der Waals surface area contributed by atoms with Crippen molar-refractivity contribution in [3.63, 3.8) is 0 Å². The first-order valence-electron chi connectivity index (χ1n) is 5.89. The Balaban J connectivity index is 1.99. The van der Waals surface area contributed by atoms with Gasteiger partial charge in [0.05, 0.1) is 0 Å². The van der Waals surface area contributed by atoms with Gasteiger partial charge in [-0.2, -0.15) is 0 Å². The highest BCUT2D eigenvalue weighted by molar-refractivity contribution is 8.02. The average Bonchev–Trinajstić information content (AvgIpc) is 2.39. The number of allylic oxidation sites excluding steroid dienone is 1. The number of carbonyl (C=O) groups is 1. The lowest BCUT2D eigenvalue weighted by Crippen LogP contribution is -1.93. The fraction of sp³-hybridized carbons (Fsp3) is 0.133. The van der Waals surface area contributed by atoms with E-state index in [0.717, 1.165) is 11.3 Å². The molecule has 0 aliphatic rings. The molecule has 0 unspecified atom stereocenters. The van der Waals surface area contributed by atoms with E-state index in [0.29, 0.717) is 10.7 Å². The molecule has 2 rings (SSSR count). The predicted molar refractivity (Wildman–Crippen MR) is 77.3 cm³/mol. The Bertz CT molecular complexity index is 606. The molecule has 3 nitrogen and oxygen atoms in total. The van der Waals surface area contributed by atoms with Gasteiger partial charge in [-0.15, -0.1) is 0 Å². The topological polar surface area (TPSA) is 42.9 Å². The summed E-state index contributed by atoms with van der Waals surface area (Å²) in [6.07, 6.45) is 3.25. The molecule has 0 amide bonds. The number of nitrogens with zero attached hydrogens (tertiary/aromatic N) is 2. The second-order valence-corrected chi connectivity index (χ2v) is 5.00. The van der Waals surface area contributed by atoms with Crippen molar-refractivity contribution >= 4 is 17.5 Å². The van der Waals surface area contributed by atoms with Crippen LogP contribution < -0.4 is 0 Å². The Morgan fingerprint density at radius 3 is 2.58 bits per heavy atom. The first-order valence-corrected chi connectivity index (χ1v) is 6.77. The maximum atomic E-state index is 11.9. The van der Waals surface area contributed by atoms with E-state index in [-0.39, 0.29) is 5.78 Å². The zero-order chi connectivity index (χ0) is 13.7. The minimum absolute atomic E-state index is 0.0137. The molecular formula is C15H14N2OS. The number of ketones is 1. The molecule has 0 bridgehead atoms. The van der Waals surface area contributed by atoms with E-state index in [2.05, 4.69) is 9.97 Å². The van der Waals surface area contributed by atoms with Gasteiger partial charge in [-0.3, -0.25) is 4.79 Å². The van der Waals surface area contributed by atoms with Crippen LogP contribution in [0.1, 0.15) is 21.6 Å². The first-order chi connectivity index (χ1) is 9.15. The van der Waals surface area contributed by atoms with E-state index in [9.17, 15) is 4.79 Å². The quantitative estimate of drug-likeness (QED) is 0.368. The summed E-state index contributed by atoms with van der Waals surface area (Å²) in [5.74, 6) is -0.0137. The molecule has 0 atom stereocenters.